The van der Waals surface area contributed by atoms with Gasteiger partial charge in [-0.2, -0.15) is 0 Å². The molecule has 1 N–H and O–H groups in total. The van der Waals surface area contributed by atoms with Crippen molar-refractivity contribution < 1.29 is 19.5 Å². The maximum Gasteiger partial charge on any atom is 0.326 e. The van der Waals surface area contributed by atoms with Crippen molar-refractivity contribution in [2.75, 3.05) is 0 Å². The van der Waals surface area contributed by atoms with Crippen molar-refractivity contribution in [1.29, 1.82) is 0 Å². The zero-order valence-corrected chi connectivity index (χ0v) is 8.02. The average Bonchev–Trinajstić information content (AvgIpc) is 2.10. The number of amides is 2. The Labute approximate surface area is 81.7 Å². The number of likely N-dealkylation sites (tertiary alicyclic amines) is 1. The molecule has 1 heterocycles. The molecule has 5 nitrogen and oxygen atoms in total. The number of piperidine rings is 1. The minimum absolute atomic E-state index is 0.257. The summed E-state index contributed by atoms with van der Waals surface area (Å²) < 4.78 is 0. The topological polar surface area (TPSA) is 74.7 Å². The van der Waals surface area contributed by atoms with E-state index in [9.17, 15) is 14.4 Å². The Kier molecular flexibility index (Phi) is 3.22. The predicted octanol–water partition coefficient (Wildman–Crippen LogP) is 0.389. The third-order valence-corrected chi connectivity index (χ3v) is 2.30. The summed E-state index contributed by atoms with van der Waals surface area (Å²) in [6.45, 7) is 1.65. The van der Waals surface area contributed by atoms with Crippen molar-refractivity contribution >= 4 is 17.8 Å². The first-order valence-corrected chi connectivity index (χ1v) is 4.65. The van der Waals surface area contributed by atoms with Gasteiger partial charge in [0.05, 0.1) is 0 Å². The summed E-state index contributed by atoms with van der Waals surface area (Å²) >= 11 is 0. The van der Waals surface area contributed by atoms with Crippen molar-refractivity contribution in [3.8, 4) is 0 Å². The summed E-state index contributed by atoms with van der Waals surface area (Å²) in [7, 11) is 0. The third kappa shape index (κ3) is 1.92. The highest BCUT2D eigenvalue weighted by atomic mass is 16.4. The standard InChI is InChI=1S/C9H13NO4/c1-2-6(9(13)14)10-7(11)4-3-5-8(10)12/h6H,2-5H2,1H3,(H,13,14). The first-order valence-electron chi connectivity index (χ1n) is 4.65. The molecule has 1 aliphatic rings. The molecule has 0 saturated carbocycles. The van der Waals surface area contributed by atoms with Gasteiger partial charge in [0.15, 0.2) is 0 Å². The molecule has 1 rings (SSSR count). The maximum atomic E-state index is 11.4. The average molecular weight is 199 g/mol. The van der Waals surface area contributed by atoms with Gasteiger partial charge < -0.3 is 5.11 Å². The molecule has 0 bridgehead atoms. The Morgan fingerprint density at radius 2 is 1.93 bits per heavy atom. The lowest BCUT2D eigenvalue weighted by molar-refractivity contribution is -0.160. The Hall–Kier alpha value is -1.39. The van der Waals surface area contributed by atoms with Crippen LogP contribution in [-0.4, -0.2) is 33.8 Å². The van der Waals surface area contributed by atoms with Gasteiger partial charge in [-0.25, -0.2) is 4.79 Å². The number of carboxylic acids is 1. The van der Waals surface area contributed by atoms with Gasteiger partial charge in [-0.05, 0) is 12.8 Å². The lowest BCUT2D eigenvalue weighted by Crippen LogP contribution is -2.50. The lowest BCUT2D eigenvalue weighted by atomic mass is 10.1. The zero-order chi connectivity index (χ0) is 10.7. The second kappa shape index (κ2) is 4.21. The van der Waals surface area contributed by atoms with Crippen LogP contribution in [0.4, 0.5) is 0 Å². The monoisotopic (exact) mass is 199 g/mol. The molecule has 0 aliphatic carbocycles. The van der Waals surface area contributed by atoms with Crippen molar-refractivity contribution in [3.05, 3.63) is 0 Å². The second-order valence-corrected chi connectivity index (χ2v) is 3.27. The molecule has 1 saturated heterocycles. The van der Waals surface area contributed by atoms with Crippen LogP contribution in [0.3, 0.4) is 0 Å². The molecule has 2 amide bonds. The van der Waals surface area contributed by atoms with Crippen LogP contribution in [0, 0.1) is 0 Å². The molecule has 0 aromatic rings. The fourth-order valence-corrected chi connectivity index (χ4v) is 1.59. The van der Waals surface area contributed by atoms with Gasteiger partial charge in [0, 0.05) is 12.8 Å². The number of carbonyl (C=O) groups excluding carboxylic acids is 2. The van der Waals surface area contributed by atoms with E-state index in [0.717, 1.165) is 4.90 Å². The summed E-state index contributed by atoms with van der Waals surface area (Å²) in [4.78, 5) is 34.4. The fraction of sp³-hybridized carbons (Fsp3) is 0.667. The molecule has 1 unspecified atom stereocenters. The molecule has 1 aliphatic heterocycles. The normalized spacial score (nSPS) is 19.6. The van der Waals surface area contributed by atoms with Crippen LogP contribution in [-0.2, 0) is 14.4 Å². The largest absolute Gasteiger partial charge is 0.480 e. The Balaban J connectivity index is 2.85. The van der Waals surface area contributed by atoms with E-state index < -0.39 is 12.0 Å². The quantitative estimate of drug-likeness (QED) is 0.667. The zero-order valence-electron chi connectivity index (χ0n) is 8.02. The Morgan fingerprint density at radius 1 is 1.43 bits per heavy atom. The maximum absolute atomic E-state index is 11.4. The van der Waals surface area contributed by atoms with Crippen LogP contribution in [0.2, 0.25) is 0 Å². The highest BCUT2D eigenvalue weighted by Gasteiger charge is 2.35. The highest BCUT2D eigenvalue weighted by Crippen LogP contribution is 2.17. The minimum atomic E-state index is -1.11. The van der Waals surface area contributed by atoms with Crippen molar-refractivity contribution in [2.45, 2.75) is 38.6 Å². The van der Waals surface area contributed by atoms with Gasteiger partial charge in [-0.3, -0.25) is 14.5 Å². The van der Waals surface area contributed by atoms with Crippen LogP contribution in [0.1, 0.15) is 32.6 Å². The van der Waals surface area contributed by atoms with Gasteiger partial charge in [0.25, 0.3) is 0 Å². The lowest BCUT2D eigenvalue weighted by Gasteiger charge is -2.29. The van der Waals surface area contributed by atoms with Gasteiger partial charge in [0.1, 0.15) is 6.04 Å². The third-order valence-electron chi connectivity index (χ3n) is 2.30. The minimum Gasteiger partial charge on any atom is -0.480 e. The fourth-order valence-electron chi connectivity index (χ4n) is 1.59. The van der Waals surface area contributed by atoms with Crippen molar-refractivity contribution in [1.82, 2.24) is 4.90 Å². The van der Waals surface area contributed by atoms with Crippen LogP contribution in [0.15, 0.2) is 0 Å². The molecular weight excluding hydrogens is 186 g/mol. The molecule has 0 aromatic heterocycles. The van der Waals surface area contributed by atoms with E-state index in [1.54, 1.807) is 6.92 Å². The van der Waals surface area contributed by atoms with E-state index in [-0.39, 0.29) is 31.1 Å². The molecule has 1 atom stereocenters. The molecule has 78 valence electrons. The summed E-state index contributed by atoms with van der Waals surface area (Å²) in [5, 5.41) is 8.81. The molecule has 1 fully saturated rings. The van der Waals surface area contributed by atoms with Gasteiger partial charge in [-0.15, -0.1) is 0 Å². The SMILES string of the molecule is CCC(C(=O)O)N1C(=O)CCCC1=O. The van der Waals surface area contributed by atoms with E-state index in [1.165, 1.54) is 0 Å². The Morgan fingerprint density at radius 3 is 2.29 bits per heavy atom. The molecular formula is C9H13NO4. The first kappa shape index (κ1) is 10.7. The van der Waals surface area contributed by atoms with E-state index in [0.29, 0.717) is 6.42 Å². The van der Waals surface area contributed by atoms with Crippen LogP contribution >= 0.6 is 0 Å². The van der Waals surface area contributed by atoms with Gasteiger partial charge >= 0.3 is 5.97 Å². The van der Waals surface area contributed by atoms with E-state index >= 15 is 0 Å². The number of imide groups is 1. The number of aliphatic carboxylic acids is 1. The molecule has 0 spiro atoms. The van der Waals surface area contributed by atoms with Gasteiger partial charge in [-0.1, -0.05) is 6.92 Å². The number of hydrogen-bond acceptors (Lipinski definition) is 3. The summed E-state index contributed by atoms with van der Waals surface area (Å²) in [5.41, 5.74) is 0. The molecule has 14 heavy (non-hydrogen) atoms. The predicted molar refractivity (Wildman–Crippen MR) is 47.4 cm³/mol. The van der Waals surface area contributed by atoms with E-state index in [2.05, 4.69) is 0 Å². The highest BCUT2D eigenvalue weighted by molar-refractivity contribution is 6.01. The summed E-state index contributed by atoms with van der Waals surface area (Å²) in [5.74, 6) is -1.85. The van der Waals surface area contributed by atoms with Crippen LogP contribution in [0.5, 0.6) is 0 Å². The van der Waals surface area contributed by atoms with Crippen LogP contribution < -0.4 is 0 Å². The second-order valence-electron chi connectivity index (χ2n) is 3.27. The number of hydrogen-bond donors (Lipinski definition) is 1. The van der Waals surface area contributed by atoms with Crippen LogP contribution in [0.25, 0.3) is 0 Å². The first-order chi connectivity index (χ1) is 6.57. The van der Waals surface area contributed by atoms with Crippen molar-refractivity contribution in [2.24, 2.45) is 0 Å². The number of rotatable bonds is 3. The Bertz CT molecular complexity index is 258. The van der Waals surface area contributed by atoms with E-state index in [1.807, 2.05) is 0 Å². The number of carboxylic acid groups (broad SMARTS) is 1. The number of carbonyl (C=O) groups is 3. The molecule has 0 aromatic carbocycles. The molecule has 0 radical (unpaired) electrons. The summed E-state index contributed by atoms with van der Waals surface area (Å²) in [6.07, 6.45) is 1.34. The van der Waals surface area contributed by atoms with Gasteiger partial charge in [0.2, 0.25) is 11.8 Å². The molecule has 5 heteroatoms. The summed E-state index contributed by atoms with van der Waals surface area (Å²) in [6, 6.07) is -0.990. The smallest absolute Gasteiger partial charge is 0.326 e. The van der Waals surface area contributed by atoms with Crippen molar-refractivity contribution in [3.63, 3.8) is 0 Å². The number of nitrogens with zero attached hydrogens (tertiary/aromatic N) is 1. The van der Waals surface area contributed by atoms with E-state index in [4.69, 9.17) is 5.11 Å².